The van der Waals surface area contributed by atoms with Crippen molar-refractivity contribution in [2.24, 2.45) is 0 Å². The van der Waals surface area contributed by atoms with Crippen LogP contribution in [0.2, 0.25) is 0 Å². The average Bonchev–Trinajstić information content (AvgIpc) is 3.22. The van der Waals surface area contributed by atoms with Gasteiger partial charge in [0, 0.05) is 31.5 Å². The lowest BCUT2D eigenvalue weighted by Gasteiger charge is -2.51. The number of hydrogen-bond acceptors (Lipinski definition) is 6. The fraction of sp³-hybridized carbons (Fsp3) is 0.391. The van der Waals surface area contributed by atoms with E-state index in [0.29, 0.717) is 0 Å². The molecule has 2 aromatic rings. The van der Waals surface area contributed by atoms with E-state index in [1.165, 1.54) is 0 Å². The number of rotatable bonds is 3. The molecule has 1 saturated heterocycles. The maximum Gasteiger partial charge on any atom is 0.183 e. The molecule has 6 heteroatoms. The van der Waals surface area contributed by atoms with Crippen molar-refractivity contribution in [2.45, 2.75) is 24.6 Å². The van der Waals surface area contributed by atoms with Crippen LogP contribution in [0.1, 0.15) is 30.0 Å². The summed E-state index contributed by atoms with van der Waals surface area (Å²) in [6.45, 7) is 1.99. The molecule has 1 fully saturated rings. The van der Waals surface area contributed by atoms with Gasteiger partial charge in [-0.05, 0) is 49.0 Å². The summed E-state index contributed by atoms with van der Waals surface area (Å²) in [4.78, 5) is 2.36. The van der Waals surface area contributed by atoms with Gasteiger partial charge >= 0.3 is 0 Å². The third-order valence-electron chi connectivity index (χ3n) is 6.29. The van der Waals surface area contributed by atoms with Crippen LogP contribution >= 0.6 is 0 Å². The molecule has 3 aliphatic heterocycles. The Morgan fingerprint density at radius 3 is 2.48 bits per heavy atom. The van der Waals surface area contributed by atoms with E-state index in [9.17, 15) is 0 Å². The Kier molecular flexibility index (Phi) is 4.41. The van der Waals surface area contributed by atoms with Crippen molar-refractivity contribution in [3.8, 4) is 17.2 Å². The fourth-order valence-corrected chi connectivity index (χ4v) is 4.57. The molecule has 1 atom stereocenters. The molecule has 5 rings (SSSR count). The smallest absolute Gasteiger partial charge is 0.183 e. The number of likely N-dealkylation sites (tertiary alicyclic amines) is 1. The number of nitrogens with one attached hydrogen (secondary N) is 1. The second-order valence-electron chi connectivity index (χ2n) is 7.97. The molecule has 6 nitrogen and oxygen atoms in total. The molecule has 0 aliphatic carbocycles. The van der Waals surface area contributed by atoms with Crippen LogP contribution in [0.25, 0.3) is 5.70 Å². The molecule has 3 heterocycles. The van der Waals surface area contributed by atoms with Crippen LogP contribution in [0.4, 0.5) is 0 Å². The van der Waals surface area contributed by atoms with Gasteiger partial charge in [-0.2, -0.15) is 5.01 Å². The van der Waals surface area contributed by atoms with Crippen molar-refractivity contribution >= 4 is 5.70 Å². The van der Waals surface area contributed by atoms with E-state index in [-0.39, 0.29) is 6.04 Å². The highest BCUT2D eigenvalue weighted by molar-refractivity contribution is 5.68. The third kappa shape index (κ3) is 2.94. The van der Waals surface area contributed by atoms with Gasteiger partial charge < -0.3 is 24.5 Å². The Morgan fingerprint density at radius 1 is 1.03 bits per heavy atom. The first kappa shape index (κ1) is 18.3. The molecule has 1 unspecified atom stereocenters. The lowest BCUT2D eigenvalue weighted by Crippen LogP contribution is -2.63. The highest BCUT2D eigenvalue weighted by Gasteiger charge is 2.52. The Bertz CT molecular complexity index is 933. The van der Waals surface area contributed by atoms with Crippen LogP contribution in [0.3, 0.4) is 0 Å². The van der Waals surface area contributed by atoms with Gasteiger partial charge in [-0.1, -0.05) is 12.1 Å². The standard InChI is InChI=1S/C23H27N3O3/c1-25-13-11-23(12-14-25)26-20(18-5-4-6-21(28-3)22(18)29-23)15-19(24-26)16-7-9-17(27-2)10-8-16/h4-10,15,20,24H,11-14H2,1-3H3. The van der Waals surface area contributed by atoms with Gasteiger partial charge in [-0.15, -0.1) is 0 Å². The monoisotopic (exact) mass is 393 g/mol. The quantitative estimate of drug-likeness (QED) is 0.862. The number of hydrogen-bond donors (Lipinski definition) is 1. The van der Waals surface area contributed by atoms with Crippen molar-refractivity contribution in [1.29, 1.82) is 0 Å². The molecule has 0 radical (unpaired) electrons. The number of piperidine rings is 1. The topological polar surface area (TPSA) is 46.2 Å². The van der Waals surface area contributed by atoms with Gasteiger partial charge in [0.1, 0.15) is 5.75 Å². The molecule has 1 N–H and O–H groups in total. The Morgan fingerprint density at radius 2 is 1.79 bits per heavy atom. The molecule has 0 amide bonds. The number of methoxy groups -OCH3 is 2. The summed E-state index contributed by atoms with van der Waals surface area (Å²) in [5, 5.41) is 2.31. The van der Waals surface area contributed by atoms with Gasteiger partial charge in [0.25, 0.3) is 0 Å². The second-order valence-corrected chi connectivity index (χ2v) is 7.97. The van der Waals surface area contributed by atoms with Crippen molar-refractivity contribution < 1.29 is 14.2 Å². The van der Waals surface area contributed by atoms with E-state index in [1.54, 1.807) is 14.2 Å². The highest BCUT2D eigenvalue weighted by Crippen LogP contribution is 2.51. The minimum atomic E-state index is -0.399. The summed E-state index contributed by atoms with van der Waals surface area (Å²) < 4.78 is 17.7. The number of para-hydroxylation sites is 1. The first-order chi connectivity index (χ1) is 14.1. The predicted molar refractivity (Wildman–Crippen MR) is 112 cm³/mol. The summed E-state index contributed by atoms with van der Waals surface area (Å²) in [6.07, 6.45) is 4.14. The number of hydrazine groups is 1. The number of ether oxygens (including phenoxy) is 3. The van der Waals surface area contributed by atoms with E-state index in [1.807, 2.05) is 24.3 Å². The van der Waals surface area contributed by atoms with Crippen LogP contribution in [-0.4, -0.2) is 50.0 Å². The number of benzene rings is 2. The molecular weight excluding hydrogens is 366 g/mol. The molecule has 1 spiro atoms. The summed E-state index contributed by atoms with van der Waals surface area (Å²) in [7, 11) is 5.56. The van der Waals surface area contributed by atoms with Crippen LogP contribution in [0.15, 0.2) is 48.5 Å². The molecule has 0 bridgehead atoms. The fourth-order valence-electron chi connectivity index (χ4n) is 4.57. The van der Waals surface area contributed by atoms with E-state index in [0.717, 1.165) is 60.0 Å². The summed E-state index contributed by atoms with van der Waals surface area (Å²) in [6, 6.07) is 14.4. The van der Waals surface area contributed by atoms with Gasteiger partial charge in [0.2, 0.25) is 0 Å². The normalized spacial score (nSPS) is 22.9. The zero-order chi connectivity index (χ0) is 20.0. The SMILES string of the molecule is COc1ccc(C2=CC3c4cccc(OC)c4OC4(CCN(C)CC4)N3N2)cc1. The van der Waals surface area contributed by atoms with Gasteiger partial charge in [-0.3, -0.25) is 0 Å². The van der Waals surface area contributed by atoms with Crippen molar-refractivity contribution in [2.75, 3.05) is 34.4 Å². The first-order valence-electron chi connectivity index (χ1n) is 10.1. The van der Waals surface area contributed by atoms with E-state index < -0.39 is 5.72 Å². The average molecular weight is 393 g/mol. The van der Waals surface area contributed by atoms with Crippen LogP contribution in [-0.2, 0) is 0 Å². The molecule has 2 aromatic carbocycles. The van der Waals surface area contributed by atoms with E-state index >= 15 is 0 Å². The lowest BCUT2D eigenvalue weighted by molar-refractivity contribution is -0.158. The molecule has 0 saturated carbocycles. The minimum Gasteiger partial charge on any atom is -0.497 e. The zero-order valence-corrected chi connectivity index (χ0v) is 17.1. The second kappa shape index (κ2) is 6.97. The molecular formula is C23H27N3O3. The zero-order valence-electron chi connectivity index (χ0n) is 17.1. The van der Waals surface area contributed by atoms with E-state index in [4.69, 9.17) is 14.2 Å². The number of nitrogens with zero attached hydrogens (tertiary/aromatic N) is 2. The maximum atomic E-state index is 6.72. The molecule has 3 aliphatic rings. The van der Waals surface area contributed by atoms with Crippen molar-refractivity contribution in [1.82, 2.24) is 15.3 Å². The summed E-state index contributed by atoms with van der Waals surface area (Å²) in [5.74, 6) is 2.52. The third-order valence-corrected chi connectivity index (χ3v) is 6.29. The van der Waals surface area contributed by atoms with Gasteiger partial charge in [0.15, 0.2) is 17.2 Å². The van der Waals surface area contributed by atoms with Gasteiger partial charge in [-0.25, -0.2) is 0 Å². The largest absolute Gasteiger partial charge is 0.497 e. The van der Waals surface area contributed by atoms with Crippen LogP contribution < -0.4 is 19.6 Å². The van der Waals surface area contributed by atoms with E-state index in [2.05, 4.69) is 46.7 Å². The summed E-state index contributed by atoms with van der Waals surface area (Å²) in [5.41, 5.74) is 6.62. The molecule has 152 valence electrons. The Labute approximate surface area is 171 Å². The highest BCUT2D eigenvalue weighted by atomic mass is 16.5. The maximum absolute atomic E-state index is 6.72. The summed E-state index contributed by atoms with van der Waals surface area (Å²) >= 11 is 0. The van der Waals surface area contributed by atoms with Crippen molar-refractivity contribution in [3.05, 3.63) is 59.7 Å². The predicted octanol–water partition coefficient (Wildman–Crippen LogP) is 3.42. The molecule has 29 heavy (non-hydrogen) atoms. The Balaban J connectivity index is 1.57. The molecule has 0 aromatic heterocycles. The Hall–Kier alpha value is -2.70. The van der Waals surface area contributed by atoms with Crippen LogP contribution in [0.5, 0.6) is 17.2 Å². The van der Waals surface area contributed by atoms with Crippen molar-refractivity contribution in [3.63, 3.8) is 0 Å². The van der Waals surface area contributed by atoms with Crippen LogP contribution in [0, 0.1) is 0 Å². The minimum absolute atomic E-state index is 0.0920. The lowest BCUT2D eigenvalue weighted by atomic mass is 9.92. The number of fused-ring (bicyclic) bond motifs is 4. The van der Waals surface area contributed by atoms with Gasteiger partial charge in [0.05, 0.1) is 26.0 Å². The first-order valence-corrected chi connectivity index (χ1v) is 10.1.